The van der Waals surface area contributed by atoms with E-state index in [4.69, 9.17) is 4.74 Å². The van der Waals surface area contributed by atoms with E-state index < -0.39 is 9.84 Å². The average Bonchev–Trinajstić information content (AvgIpc) is 3.01. The quantitative estimate of drug-likeness (QED) is 0.859. The number of benzene rings is 1. The molecule has 1 atom stereocenters. The zero-order chi connectivity index (χ0) is 18.7. The van der Waals surface area contributed by atoms with E-state index in [1.54, 1.807) is 49.7 Å². The molecule has 2 aromatic rings. The summed E-state index contributed by atoms with van der Waals surface area (Å²) >= 11 is 0. The summed E-state index contributed by atoms with van der Waals surface area (Å²) in [5.74, 6) is 0.702. The number of hydrogen-bond acceptors (Lipinski definition) is 6. The Kier molecular flexibility index (Phi) is 5.13. The average molecular weight is 375 g/mol. The number of sulfone groups is 1. The van der Waals surface area contributed by atoms with E-state index in [9.17, 15) is 13.2 Å². The van der Waals surface area contributed by atoms with Crippen LogP contribution in [0.2, 0.25) is 0 Å². The fourth-order valence-electron chi connectivity index (χ4n) is 2.92. The highest BCUT2D eigenvalue weighted by Gasteiger charge is 2.30. The van der Waals surface area contributed by atoms with Gasteiger partial charge in [-0.15, -0.1) is 0 Å². The molecule has 1 aliphatic rings. The van der Waals surface area contributed by atoms with E-state index in [0.717, 1.165) is 5.69 Å². The normalized spacial score (nSPS) is 18.3. The molecule has 1 saturated heterocycles. The van der Waals surface area contributed by atoms with E-state index >= 15 is 0 Å². The number of anilines is 2. The summed E-state index contributed by atoms with van der Waals surface area (Å²) in [4.78, 5) is 18.4. The Morgan fingerprint density at radius 3 is 2.73 bits per heavy atom. The highest BCUT2D eigenvalue weighted by molar-refractivity contribution is 7.91. The number of amides is 1. The minimum atomic E-state index is -2.95. The van der Waals surface area contributed by atoms with E-state index in [1.165, 1.54) is 0 Å². The first-order valence-electron chi connectivity index (χ1n) is 8.23. The first-order chi connectivity index (χ1) is 12.4. The van der Waals surface area contributed by atoms with Gasteiger partial charge in [0.05, 0.1) is 30.5 Å². The molecule has 0 aliphatic carbocycles. The molecule has 2 heterocycles. The van der Waals surface area contributed by atoms with Crippen molar-refractivity contribution in [1.29, 1.82) is 0 Å². The maximum Gasteiger partial charge on any atom is 0.274 e. The van der Waals surface area contributed by atoms with E-state index in [0.29, 0.717) is 17.9 Å². The molecule has 1 amide bonds. The Morgan fingerprint density at radius 1 is 1.31 bits per heavy atom. The zero-order valence-corrected chi connectivity index (χ0v) is 15.5. The lowest BCUT2D eigenvalue weighted by molar-refractivity contribution is 0.102. The van der Waals surface area contributed by atoms with Crippen molar-refractivity contribution in [3.05, 3.63) is 48.3 Å². The molecule has 0 spiro atoms. The molecule has 7 nitrogen and oxygen atoms in total. The van der Waals surface area contributed by atoms with Crippen LogP contribution in [-0.2, 0) is 9.84 Å². The second kappa shape index (κ2) is 7.33. The third-order valence-electron chi connectivity index (χ3n) is 4.47. The predicted octanol–water partition coefficient (Wildman–Crippen LogP) is 1.97. The Hall–Kier alpha value is -2.61. The van der Waals surface area contributed by atoms with Crippen LogP contribution < -0.4 is 15.0 Å². The Labute approximate surface area is 152 Å². The molecule has 3 rings (SSSR count). The van der Waals surface area contributed by atoms with Crippen LogP contribution in [0.15, 0.2) is 42.6 Å². The molecule has 1 aliphatic heterocycles. The van der Waals surface area contributed by atoms with Gasteiger partial charge in [-0.3, -0.25) is 4.79 Å². The molecule has 0 radical (unpaired) electrons. The van der Waals surface area contributed by atoms with Crippen molar-refractivity contribution in [2.75, 3.05) is 35.9 Å². The van der Waals surface area contributed by atoms with Gasteiger partial charge in [-0.05, 0) is 30.7 Å². The summed E-state index contributed by atoms with van der Waals surface area (Å²) in [6.45, 7) is 0. The summed E-state index contributed by atoms with van der Waals surface area (Å²) in [6.07, 6.45) is 2.20. The Balaban J connectivity index is 1.67. The van der Waals surface area contributed by atoms with Crippen molar-refractivity contribution in [1.82, 2.24) is 4.98 Å². The number of ether oxygens (including phenoxy) is 1. The molecule has 8 heteroatoms. The number of nitrogens with zero attached hydrogens (tertiary/aromatic N) is 2. The monoisotopic (exact) mass is 375 g/mol. The second-order valence-corrected chi connectivity index (χ2v) is 8.48. The molecule has 1 unspecified atom stereocenters. The third-order valence-corrected chi connectivity index (χ3v) is 6.22. The van der Waals surface area contributed by atoms with Crippen LogP contribution in [0.5, 0.6) is 5.75 Å². The molecule has 0 saturated carbocycles. The number of carbonyl (C=O) groups is 1. The Bertz CT molecular complexity index is 897. The van der Waals surface area contributed by atoms with E-state index in [1.807, 2.05) is 11.9 Å². The third kappa shape index (κ3) is 4.13. The van der Waals surface area contributed by atoms with Crippen LogP contribution in [0.3, 0.4) is 0 Å². The Morgan fingerprint density at radius 2 is 2.12 bits per heavy atom. The van der Waals surface area contributed by atoms with Gasteiger partial charge in [0.15, 0.2) is 9.84 Å². The first-order valence-corrected chi connectivity index (χ1v) is 10.0. The van der Waals surface area contributed by atoms with Crippen LogP contribution in [0, 0.1) is 0 Å². The summed E-state index contributed by atoms with van der Waals surface area (Å²) in [5.41, 5.74) is 1.68. The minimum Gasteiger partial charge on any atom is -0.497 e. The number of aromatic nitrogens is 1. The van der Waals surface area contributed by atoms with Gasteiger partial charge in [0.25, 0.3) is 5.91 Å². The molecular weight excluding hydrogens is 354 g/mol. The fourth-order valence-corrected chi connectivity index (χ4v) is 4.69. The minimum absolute atomic E-state index is 0.0572. The number of nitrogens with one attached hydrogen (secondary N) is 1. The van der Waals surface area contributed by atoms with Gasteiger partial charge < -0.3 is 15.0 Å². The largest absolute Gasteiger partial charge is 0.497 e. The lowest BCUT2D eigenvalue weighted by atomic mass is 10.2. The van der Waals surface area contributed by atoms with Gasteiger partial charge in [-0.2, -0.15) is 0 Å². The van der Waals surface area contributed by atoms with Crippen molar-refractivity contribution in [2.45, 2.75) is 12.5 Å². The smallest absolute Gasteiger partial charge is 0.274 e. The first kappa shape index (κ1) is 18.2. The van der Waals surface area contributed by atoms with Crippen LogP contribution in [0.1, 0.15) is 16.9 Å². The summed E-state index contributed by atoms with van der Waals surface area (Å²) < 4.78 is 28.4. The SMILES string of the molecule is COc1cccc(NC(=O)c2ccc(N(C)C3CCS(=O)(=O)C3)cn2)c1. The van der Waals surface area contributed by atoms with Crippen molar-refractivity contribution in [2.24, 2.45) is 0 Å². The summed E-state index contributed by atoms with van der Waals surface area (Å²) in [6, 6.07) is 10.4. The maximum atomic E-state index is 12.3. The molecular formula is C18H21N3O4S. The summed E-state index contributed by atoms with van der Waals surface area (Å²) in [7, 11) is 0.462. The molecule has 0 bridgehead atoms. The fraction of sp³-hybridized carbons (Fsp3) is 0.333. The molecule has 1 aromatic carbocycles. The maximum absolute atomic E-state index is 12.3. The number of carbonyl (C=O) groups excluding carboxylic acids is 1. The van der Waals surface area contributed by atoms with Crippen LogP contribution in [0.4, 0.5) is 11.4 Å². The second-order valence-electron chi connectivity index (χ2n) is 6.26. The predicted molar refractivity (Wildman–Crippen MR) is 101 cm³/mol. The number of rotatable bonds is 5. The number of hydrogen-bond donors (Lipinski definition) is 1. The molecule has 1 N–H and O–H groups in total. The van der Waals surface area contributed by atoms with Crippen molar-refractivity contribution >= 4 is 27.1 Å². The zero-order valence-electron chi connectivity index (χ0n) is 14.7. The summed E-state index contributed by atoms with van der Waals surface area (Å²) in [5, 5.41) is 2.77. The lowest BCUT2D eigenvalue weighted by Gasteiger charge is -2.25. The van der Waals surface area contributed by atoms with Crippen molar-refractivity contribution < 1.29 is 17.9 Å². The highest BCUT2D eigenvalue weighted by atomic mass is 32.2. The van der Waals surface area contributed by atoms with Crippen molar-refractivity contribution in [3.63, 3.8) is 0 Å². The van der Waals surface area contributed by atoms with Crippen LogP contribution in [-0.4, -0.2) is 51.0 Å². The molecule has 138 valence electrons. The van der Waals surface area contributed by atoms with Crippen LogP contribution in [0.25, 0.3) is 0 Å². The van der Waals surface area contributed by atoms with Crippen LogP contribution >= 0.6 is 0 Å². The van der Waals surface area contributed by atoms with Gasteiger partial charge in [0, 0.05) is 24.8 Å². The van der Waals surface area contributed by atoms with Gasteiger partial charge >= 0.3 is 0 Å². The number of methoxy groups -OCH3 is 1. The van der Waals surface area contributed by atoms with Crippen molar-refractivity contribution in [3.8, 4) is 5.75 Å². The van der Waals surface area contributed by atoms with E-state index in [-0.39, 0.29) is 29.1 Å². The highest BCUT2D eigenvalue weighted by Crippen LogP contribution is 2.23. The van der Waals surface area contributed by atoms with Gasteiger partial charge in [0.2, 0.25) is 0 Å². The van der Waals surface area contributed by atoms with Gasteiger partial charge in [0.1, 0.15) is 11.4 Å². The molecule has 1 fully saturated rings. The van der Waals surface area contributed by atoms with Gasteiger partial charge in [-0.1, -0.05) is 6.07 Å². The molecule has 1 aromatic heterocycles. The van der Waals surface area contributed by atoms with Gasteiger partial charge in [-0.25, -0.2) is 13.4 Å². The lowest BCUT2D eigenvalue weighted by Crippen LogP contribution is -2.32. The standard InChI is InChI=1S/C18H21N3O4S/c1-21(15-8-9-26(23,24)12-15)14-6-7-17(19-11-14)18(22)20-13-4-3-5-16(10-13)25-2/h3-7,10-11,15H,8-9,12H2,1-2H3,(H,20,22). The topological polar surface area (TPSA) is 88.6 Å². The van der Waals surface area contributed by atoms with E-state index in [2.05, 4.69) is 10.3 Å². The molecule has 26 heavy (non-hydrogen) atoms. The number of pyridine rings is 1.